The molecule has 0 radical (unpaired) electrons. The van der Waals surface area contributed by atoms with Crippen LogP contribution >= 0.6 is 0 Å². The zero-order valence-electron chi connectivity index (χ0n) is 14.5. The van der Waals surface area contributed by atoms with Gasteiger partial charge in [-0.1, -0.05) is 18.2 Å². The number of anilines is 1. The Morgan fingerprint density at radius 1 is 1.35 bits per heavy atom. The number of benzene rings is 1. The molecule has 0 bridgehead atoms. The molecule has 26 heavy (non-hydrogen) atoms. The number of hydrazone groups is 1. The number of aromatic nitrogens is 2. The molecule has 1 N–H and O–H groups in total. The number of hydrogen-bond donors (Lipinski definition) is 1. The normalized spacial score (nSPS) is 14.0. The first-order chi connectivity index (χ1) is 12.6. The van der Waals surface area contributed by atoms with Gasteiger partial charge in [-0.25, -0.2) is 14.8 Å². The third kappa shape index (κ3) is 4.75. The van der Waals surface area contributed by atoms with Gasteiger partial charge >= 0.3 is 0 Å². The number of nitrogens with zero attached hydrogens (tertiary/aromatic N) is 4. The fraction of sp³-hybridized carbons (Fsp3) is 0.333. The first-order valence-corrected chi connectivity index (χ1v) is 8.42. The number of nitrogens with one attached hydrogen (secondary N) is 1. The van der Waals surface area contributed by atoms with Crippen LogP contribution in [0.15, 0.2) is 35.4 Å². The van der Waals surface area contributed by atoms with Crippen molar-refractivity contribution in [2.45, 2.75) is 19.8 Å². The van der Waals surface area contributed by atoms with E-state index >= 15 is 0 Å². The van der Waals surface area contributed by atoms with Crippen molar-refractivity contribution in [3.63, 3.8) is 0 Å². The Labute approximate surface area is 150 Å². The molecule has 2 aromatic rings. The molecule has 1 aromatic carbocycles. The van der Waals surface area contributed by atoms with Crippen molar-refractivity contribution < 1.29 is 13.9 Å². The molecule has 1 saturated heterocycles. The van der Waals surface area contributed by atoms with E-state index in [-0.39, 0.29) is 12.2 Å². The van der Waals surface area contributed by atoms with Gasteiger partial charge in [0.1, 0.15) is 5.82 Å². The Bertz CT molecular complexity index is 806. The average molecular weight is 357 g/mol. The smallest absolute Gasteiger partial charge is 0.278 e. The fourth-order valence-corrected chi connectivity index (χ4v) is 2.58. The molecule has 1 fully saturated rings. The number of rotatable bonds is 6. The van der Waals surface area contributed by atoms with E-state index in [1.54, 1.807) is 24.3 Å². The predicted octanol–water partition coefficient (Wildman–Crippen LogP) is 2.05. The van der Waals surface area contributed by atoms with Crippen molar-refractivity contribution in [3.05, 3.63) is 47.4 Å². The minimum atomic E-state index is -0.462. The van der Waals surface area contributed by atoms with Crippen molar-refractivity contribution in [2.75, 3.05) is 24.6 Å². The summed E-state index contributed by atoms with van der Waals surface area (Å²) >= 11 is 0. The van der Waals surface area contributed by atoms with E-state index in [2.05, 4.69) is 25.4 Å². The molecule has 0 saturated carbocycles. The molecular weight excluding hydrogens is 337 g/mol. The maximum atomic E-state index is 13.4. The summed E-state index contributed by atoms with van der Waals surface area (Å²) < 4.78 is 18.9. The summed E-state index contributed by atoms with van der Waals surface area (Å²) in [5, 5.41) is 3.73. The second-order valence-electron chi connectivity index (χ2n) is 5.95. The molecule has 1 aliphatic rings. The Morgan fingerprint density at radius 3 is 2.88 bits per heavy atom. The van der Waals surface area contributed by atoms with Gasteiger partial charge in [0.15, 0.2) is 6.61 Å². The van der Waals surface area contributed by atoms with Crippen LogP contribution in [0.5, 0.6) is 5.88 Å². The predicted molar refractivity (Wildman–Crippen MR) is 95.8 cm³/mol. The van der Waals surface area contributed by atoms with Crippen molar-refractivity contribution in [1.82, 2.24) is 15.4 Å². The number of amides is 1. The van der Waals surface area contributed by atoms with Crippen LogP contribution in [0.1, 0.15) is 24.1 Å². The highest BCUT2D eigenvalue weighted by atomic mass is 19.1. The molecule has 1 aromatic heterocycles. The zero-order chi connectivity index (χ0) is 18.4. The van der Waals surface area contributed by atoms with Crippen molar-refractivity contribution in [3.8, 4) is 5.88 Å². The van der Waals surface area contributed by atoms with Gasteiger partial charge in [0.25, 0.3) is 5.91 Å². The number of ether oxygens (including phenoxy) is 1. The lowest BCUT2D eigenvalue weighted by atomic mass is 10.2. The summed E-state index contributed by atoms with van der Waals surface area (Å²) in [6.45, 7) is 3.46. The van der Waals surface area contributed by atoms with E-state index in [1.165, 1.54) is 12.3 Å². The number of carbonyl (C=O) groups excluding carboxylic acids is 1. The number of hydrogen-bond acceptors (Lipinski definition) is 6. The van der Waals surface area contributed by atoms with Gasteiger partial charge in [0, 0.05) is 30.4 Å². The summed E-state index contributed by atoms with van der Waals surface area (Å²) in [7, 11) is 0. The maximum Gasteiger partial charge on any atom is 0.278 e. The minimum absolute atomic E-state index is 0.246. The largest absolute Gasteiger partial charge is 0.467 e. The summed E-state index contributed by atoms with van der Waals surface area (Å²) in [6.07, 6.45) is 3.49. The third-order valence-electron chi connectivity index (χ3n) is 3.86. The number of aryl methyl sites for hydroxylation is 1. The second-order valence-corrected chi connectivity index (χ2v) is 5.95. The molecule has 8 heteroatoms. The van der Waals surface area contributed by atoms with Crippen LogP contribution in [-0.2, 0) is 4.79 Å². The molecule has 7 nitrogen and oxygen atoms in total. The average Bonchev–Trinajstić information content (AvgIpc) is 3.16. The summed E-state index contributed by atoms with van der Waals surface area (Å²) in [6, 6.07) is 7.83. The van der Waals surface area contributed by atoms with Crippen molar-refractivity contribution in [2.24, 2.45) is 5.10 Å². The molecule has 136 valence electrons. The molecule has 0 spiro atoms. The molecule has 1 aliphatic heterocycles. The lowest BCUT2D eigenvalue weighted by Gasteiger charge is -2.16. The lowest BCUT2D eigenvalue weighted by Crippen LogP contribution is -2.25. The molecule has 0 unspecified atom stereocenters. The van der Waals surface area contributed by atoms with Gasteiger partial charge in [0.05, 0.1) is 6.21 Å². The van der Waals surface area contributed by atoms with Crippen LogP contribution in [0.25, 0.3) is 0 Å². The van der Waals surface area contributed by atoms with E-state index in [1.807, 2.05) is 6.92 Å². The highest BCUT2D eigenvalue weighted by Gasteiger charge is 2.16. The lowest BCUT2D eigenvalue weighted by molar-refractivity contribution is -0.123. The standard InChI is InChI=1S/C18H20FN5O2/c1-13-10-17(22-18(21-13)24-8-4-5-9-24)26-12-16(25)23-20-11-14-6-2-3-7-15(14)19/h2-3,6-7,10-11H,4-5,8-9,12H2,1H3,(H,23,25). The van der Waals surface area contributed by atoms with Gasteiger partial charge in [-0.3, -0.25) is 4.79 Å². The minimum Gasteiger partial charge on any atom is -0.467 e. The molecular formula is C18H20FN5O2. The second kappa shape index (κ2) is 8.37. The van der Waals surface area contributed by atoms with Crippen LogP contribution in [-0.4, -0.2) is 41.8 Å². The van der Waals surface area contributed by atoms with E-state index in [0.29, 0.717) is 11.8 Å². The highest BCUT2D eigenvalue weighted by Crippen LogP contribution is 2.19. The highest BCUT2D eigenvalue weighted by molar-refractivity contribution is 5.83. The van der Waals surface area contributed by atoms with E-state index in [4.69, 9.17) is 4.74 Å². The van der Waals surface area contributed by atoms with Gasteiger partial charge < -0.3 is 9.64 Å². The van der Waals surface area contributed by atoms with Gasteiger partial charge in [-0.05, 0) is 25.8 Å². The summed E-state index contributed by atoms with van der Waals surface area (Å²) in [5.74, 6) is 0.0901. The van der Waals surface area contributed by atoms with Crippen LogP contribution in [0.4, 0.5) is 10.3 Å². The third-order valence-corrected chi connectivity index (χ3v) is 3.86. The number of halogens is 1. The van der Waals surface area contributed by atoms with Crippen LogP contribution in [0.2, 0.25) is 0 Å². The first kappa shape index (κ1) is 17.8. The number of carbonyl (C=O) groups is 1. The first-order valence-electron chi connectivity index (χ1n) is 8.42. The zero-order valence-corrected chi connectivity index (χ0v) is 14.5. The SMILES string of the molecule is Cc1cc(OCC(=O)NN=Cc2ccccc2F)nc(N2CCCC2)n1. The van der Waals surface area contributed by atoms with Crippen LogP contribution in [0, 0.1) is 12.7 Å². The Hall–Kier alpha value is -3.03. The molecule has 1 amide bonds. The van der Waals surface area contributed by atoms with Gasteiger partial charge in [-0.15, -0.1) is 0 Å². The van der Waals surface area contributed by atoms with Crippen LogP contribution < -0.4 is 15.1 Å². The monoisotopic (exact) mass is 357 g/mol. The maximum absolute atomic E-state index is 13.4. The van der Waals surface area contributed by atoms with Gasteiger partial charge in [-0.2, -0.15) is 10.1 Å². The fourth-order valence-electron chi connectivity index (χ4n) is 2.58. The van der Waals surface area contributed by atoms with Crippen molar-refractivity contribution in [1.29, 1.82) is 0 Å². The van der Waals surface area contributed by atoms with Crippen molar-refractivity contribution >= 4 is 18.1 Å². The quantitative estimate of drug-likeness (QED) is 0.632. The van der Waals surface area contributed by atoms with E-state index in [0.717, 1.165) is 31.6 Å². The molecule has 2 heterocycles. The van der Waals surface area contributed by atoms with Crippen LogP contribution in [0.3, 0.4) is 0 Å². The van der Waals surface area contributed by atoms with Gasteiger partial charge in [0.2, 0.25) is 11.8 Å². The Morgan fingerprint density at radius 2 is 2.12 bits per heavy atom. The Kier molecular flexibility index (Phi) is 5.73. The molecule has 0 atom stereocenters. The topological polar surface area (TPSA) is 79.7 Å². The summed E-state index contributed by atoms with van der Waals surface area (Å²) in [4.78, 5) is 22.7. The Balaban J connectivity index is 1.53. The van der Waals surface area contributed by atoms with E-state index in [9.17, 15) is 9.18 Å². The molecule has 0 aliphatic carbocycles. The molecule has 3 rings (SSSR count). The van der Waals surface area contributed by atoms with E-state index < -0.39 is 11.7 Å². The summed E-state index contributed by atoms with van der Waals surface area (Å²) in [5.41, 5.74) is 3.36.